The number of anilines is 1. The van der Waals surface area contributed by atoms with Crippen LogP contribution in [0.5, 0.6) is 0 Å². The molecule has 1 aliphatic rings. The average molecular weight is 496 g/mol. The summed E-state index contributed by atoms with van der Waals surface area (Å²) in [7, 11) is -3.61. The molecule has 5 rings (SSSR count). The Labute approximate surface area is 202 Å². The molecule has 7 nitrogen and oxygen atoms in total. The van der Waals surface area contributed by atoms with E-state index in [0.29, 0.717) is 35.0 Å². The predicted molar refractivity (Wildman–Crippen MR) is 131 cm³/mol. The topological polar surface area (TPSA) is 92.5 Å². The first-order chi connectivity index (χ1) is 16.4. The maximum absolute atomic E-state index is 12.9. The monoisotopic (exact) mass is 495 g/mol. The van der Waals surface area contributed by atoms with Gasteiger partial charge < -0.3 is 9.73 Å². The van der Waals surface area contributed by atoms with Crippen molar-refractivity contribution in [3.63, 3.8) is 0 Å². The Hall–Kier alpha value is -3.20. The highest BCUT2D eigenvalue weighted by Crippen LogP contribution is 2.28. The van der Waals surface area contributed by atoms with Crippen molar-refractivity contribution < 1.29 is 17.6 Å². The van der Waals surface area contributed by atoms with Gasteiger partial charge in [0.05, 0.1) is 4.90 Å². The maximum atomic E-state index is 12.9. The molecule has 0 aliphatic carbocycles. The normalized spacial score (nSPS) is 15.4. The summed E-state index contributed by atoms with van der Waals surface area (Å²) in [6.07, 6.45) is 0.896. The number of sulfonamides is 1. The van der Waals surface area contributed by atoms with Gasteiger partial charge in [0.25, 0.3) is 0 Å². The Morgan fingerprint density at radius 3 is 2.47 bits per heavy atom. The fraction of sp³-hybridized carbons (Fsp3) is 0.200. The average Bonchev–Trinajstić information content (AvgIpc) is 3.29. The van der Waals surface area contributed by atoms with Crippen molar-refractivity contribution in [2.45, 2.75) is 17.7 Å². The second-order valence-electron chi connectivity index (χ2n) is 8.19. The van der Waals surface area contributed by atoms with Gasteiger partial charge >= 0.3 is 0 Å². The molecule has 0 saturated carbocycles. The number of para-hydroxylation sites is 2. The van der Waals surface area contributed by atoms with Crippen molar-refractivity contribution in [3.8, 4) is 11.5 Å². The molecule has 4 aromatic rings. The molecule has 0 bridgehead atoms. The van der Waals surface area contributed by atoms with Crippen LogP contribution < -0.4 is 5.32 Å². The van der Waals surface area contributed by atoms with Crippen molar-refractivity contribution >= 4 is 44.3 Å². The van der Waals surface area contributed by atoms with Gasteiger partial charge in [0.15, 0.2) is 5.58 Å². The first kappa shape index (κ1) is 22.6. The number of carbonyl (C=O) groups is 1. The first-order valence-corrected chi connectivity index (χ1v) is 12.7. The van der Waals surface area contributed by atoms with Gasteiger partial charge in [-0.15, -0.1) is 0 Å². The highest BCUT2D eigenvalue weighted by molar-refractivity contribution is 7.89. The summed E-state index contributed by atoms with van der Waals surface area (Å²) in [6, 6.07) is 21.0. The number of fused-ring (bicyclic) bond motifs is 1. The minimum Gasteiger partial charge on any atom is -0.436 e. The quantitative estimate of drug-likeness (QED) is 0.411. The molecule has 1 aliphatic heterocycles. The summed E-state index contributed by atoms with van der Waals surface area (Å²) in [5.74, 6) is 0.0842. The molecule has 1 amide bonds. The van der Waals surface area contributed by atoms with Crippen molar-refractivity contribution in [3.05, 3.63) is 77.8 Å². The van der Waals surface area contributed by atoms with Crippen LogP contribution in [0.2, 0.25) is 5.02 Å². The third-order valence-corrected chi connectivity index (χ3v) is 8.11. The summed E-state index contributed by atoms with van der Waals surface area (Å²) in [5.41, 5.74) is 2.87. The van der Waals surface area contributed by atoms with Crippen LogP contribution in [0.4, 0.5) is 5.69 Å². The van der Waals surface area contributed by atoms with Crippen molar-refractivity contribution in [1.82, 2.24) is 9.29 Å². The third-order valence-electron chi connectivity index (χ3n) is 5.95. The number of amides is 1. The van der Waals surface area contributed by atoms with Crippen LogP contribution >= 0.6 is 11.6 Å². The molecule has 1 aromatic heterocycles. The van der Waals surface area contributed by atoms with Crippen molar-refractivity contribution in [2.75, 3.05) is 18.4 Å². The Balaban J connectivity index is 1.23. The fourth-order valence-electron chi connectivity index (χ4n) is 4.08. The van der Waals surface area contributed by atoms with Crippen LogP contribution in [-0.4, -0.2) is 36.7 Å². The number of rotatable bonds is 5. The zero-order chi connectivity index (χ0) is 23.7. The highest BCUT2D eigenvalue weighted by atomic mass is 35.5. The van der Waals surface area contributed by atoms with E-state index in [0.717, 1.165) is 11.1 Å². The van der Waals surface area contributed by atoms with Gasteiger partial charge in [-0.2, -0.15) is 4.31 Å². The zero-order valence-electron chi connectivity index (χ0n) is 18.1. The number of hydrogen-bond acceptors (Lipinski definition) is 5. The molecular formula is C25H22ClN3O4S. The standard InChI is InChI=1S/C25H22ClN3O4S/c26-19-8-10-21(11-9-19)34(31,32)29-14-12-17(13-15-29)24(30)27-20-5-3-4-18(16-20)25-28-22-6-1-2-7-23(22)33-25/h1-11,16-17H,12-15H2,(H,27,30). The van der Waals surface area contributed by atoms with Crippen LogP contribution in [0.25, 0.3) is 22.6 Å². The van der Waals surface area contributed by atoms with Gasteiger partial charge in [0.1, 0.15) is 5.52 Å². The lowest BCUT2D eigenvalue weighted by Crippen LogP contribution is -2.41. The van der Waals surface area contributed by atoms with Crippen LogP contribution in [0.3, 0.4) is 0 Å². The van der Waals surface area contributed by atoms with E-state index in [1.807, 2.05) is 48.5 Å². The number of carbonyl (C=O) groups excluding carboxylic acids is 1. The summed E-state index contributed by atoms with van der Waals surface area (Å²) in [4.78, 5) is 17.6. The van der Waals surface area contributed by atoms with Gasteiger partial charge in [-0.3, -0.25) is 4.79 Å². The molecule has 9 heteroatoms. The van der Waals surface area contributed by atoms with Crippen LogP contribution in [-0.2, 0) is 14.8 Å². The second-order valence-corrected chi connectivity index (χ2v) is 10.6. The van der Waals surface area contributed by atoms with Crippen molar-refractivity contribution in [1.29, 1.82) is 0 Å². The summed E-state index contributed by atoms with van der Waals surface area (Å²) in [6.45, 7) is 0.567. The van der Waals surface area contributed by atoms with Gasteiger partial charge in [0, 0.05) is 35.3 Å². The summed E-state index contributed by atoms with van der Waals surface area (Å²) < 4.78 is 33.0. The van der Waals surface area contributed by atoms with E-state index >= 15 is 0 Å². The Kier molecular flexibility index (Phi) is 6.12. The van der Waals surface area contributed by atoms with Crippen molar-refractivity contribution in [2.24, 2.45) is 5.92 Å². The van der Waals surface area contributed by atoms with E-state index in [1.165, 1.54) is 16.4 Å². The zero-order valence-corrected chi connectivity index (χ0v) is 19.7. The minimum absolute atomic E-state index is 0.127. The number of halogens is 1. The lowest BCUT2D eigenvalue weighted by molar-refractivity contribution is -0.120. The highest BCUT2D eigenvalue weighted by Gasteiger charge is 2.32. The first-order valence-electron chi connectivity index (χ1n) is 10.9. The lowest BCUT2D eigenvalue weighted by Gasteiger charge is -2.30. The number of aromatic nitrogens is 1. The Morgan fingerprint density at radius 2 is 1.74 bits per heavy atom. The van der Waals surface area contributed by atoms with E-state index in [4.69, 9.17) is 16.0 Å². The van der Waals surface area contributed by atoms with E-state index in [2.05, 4.69) is 10.3 Å². The largest absolute Gasteiger partial charge is 0.436 e. The molecule has 1 saturated heterocycles. The molecule has 0 spiro atoms. The number of piperidine rings is 1. The molecule has 1 N–H and O–H groups in total. The molecule has 0 atom stereocenters. The number of nitrogens with zero attached hydrogens (tertiary/aromatic N) is 2. The SMILES string of the molecule is O=C(Nc1cccc(-c2nc3ccccc3o2)c1)C1CCN(S(=O)(=O)c2ccc(Cl)cc2)CC1. The number of nitrogens with one attached hydrogen (secondary N) is 1. The lowest BCUT2D eigenvalue weighted by atomic mass is 9.97. The Morgan fingerprint density at radius 1 is 1.00 bits per heavy atom. The molecule has 174 valence electrons. The molecule has 0 unspecified atom stereocenters. The van der Waals surface area contributed by atoms with Crippen LogP contribution in [0.15, 0.2) is 82.1 Å². The Bertz CT molecular complexity index is 1410. The number of benzene rings is 3. The van der Waals surface area contributed by atoms with E-state index in [9.17, 15) is 13.2 Å². The van der Waals surface area contributed by atoms with Gasteiger partial charge in [-0.25, -0.2) is 13.4 Å². The van der Waals surface area contributed by atoms with Gasteiger partial charge in [0.2, 0.25) is 21.8 Å². The third kappa shape index (κ3) is 4.57. The van der Waals surface area contributed by atoms with E-state index in [1.54, 1.807) is 12.1 Å². The molecule has 3 aromatic carbocycles. The van der Waals surface area contributed by atoms with Gasteiger partial charge in [-0.05, 0) is 67.4 Å². The van der Waals surface area contributed by atoms with E-state index in [-0.39, 0.29) is 29.8 Å². The molecule has 34 heavy (non-hydrogen) atoms. The smallest absolute Gasteiger partial charge is 0.243 e. The fourth-order valence-corrected chi connectivity index (χ4v) is 5.68. The molecule has 2 heterocycles. The summed E-state index contributed by atoms with van der Waals surface area (Å²) in [5, 5.41) is 3.44. The number of oxazole rings is 1. The molecule has 0 radical (unpaired) electrons. The predicted octanol–water partition coefficient (Wildman–Crippen LogP) is 5.19. The molecule has 1 fully saturated rings. The summed E-state index contributed by atoms with van der Waals surface area (Å²) >= 11 is 5.87. The maximum Gasteiger partial charge on any atom is 0.243 e. The minimum atomic E-state index is -3.61. The second kappa shape index (κ2) is 9.21. The molecular weight excluding hydrogens is 474 g/mol. The van der Waals surface area contributed by atoms with E-state index < -0.39 is 10.0 Å². The van der Waals surface area contributed by atoms with Crippen LogP contribution in [0.1, 0.15) is 12.8 Å². The number of hydrogen-bond donors (Lipinski definition) is 1. The van der Waals surface area contributed by atoms with Crippen LogP contribution in [0, 0.1) is 5.92 Å². The van der Waals surface area contributed by atoms with Gasteiger partial charge in [-0.1, -0.05) is 29.8 Å².